The number of hydrogen-bond acceptors (Lipinski definition) is 8. The van der Waals surface area contributed by atoms with Crippen LogP contribution >= 0.6 is 0 Å². The maximum absolute atomic E-state index is 10.9. The first-order valence-electron chi connectivity index (χ1n) is 16.2. The summed E-state index contributed by atoms with van der Waals surface area (Å²) in [6.07, 6.45) is 7.66. The fourth-order valence-electron chi connectivity index (χ4n) is 5.03. The summed E-state index contributed by atoms with van der Waals surface area (Å²) in [5, 5.41) is 39.6. The SMILES string of the molecule is CC(=O)[O-].CC(=O)[O-].CC(C)c1cc(C(C)(C)C)cc(C=NC2CCC(N=Cc3cc(C(C)(C)C)cc(C(C)C)c3O)CC2)c1O.[Co+2]. The van der Waals surface area contributed by atoms with E-state index in [2.05, 4.69) is 93.5 Å². The Morgan fingerprint density at radius 1 is 0.681 bits per heavy atom. The van der Waals surface area contributed by atoms with Crippen molar-refractivity contribution >= 4 is 24.4 Å². The third-order valence-electron chi connectivity index (χ3n) is 7.83. The van der Waals surface area contributed by atoms with Gasteiger partial charge in [-0.3, -0.25) is 9.98 Å². The van der Waals surface area contributed by atoms with Crippen molar-refractivity contribution in [3.8, 4) is 11.5 Å². The molecule has 3 rings (SSSR count). The Balaban J connectivity index is 0.00000211. The molecule has 2 aromatic rings. The number of carboxylic acids is 2. The number of phenolic OH excluding ortho intramolecular Hbond substituents is 2. The Morgan fingerprint density at radius 2 is 0.936 bits per heavy atom. The topological polar surface area (TPSA) is 145 Å². The predicted octanol–water partition coefficient (Wildman–Crippen LogP) is 6.30. The second kappa shape index (κ2) is 19.0. The fourth-order valence-corrected chi connectivity index (χ4v) is 5.03. The van der Waals surface area contributed by atoms with Crippen LogP contribution in [-0.4, -0.2) is 46.7 Å². The zero-order valence-corrected chi connectivity index (χ0v) is 31.4. The normalized spacial score (nSPS) is 16.7. The minimum atomic E-state index is -1.08. The van der Waals surface area contributed by atoms with Gasteiger partial charge in [-0.2, -0.15) is 0 Å². The largest absolute Gasteiger partial charge is 2.00 e. The van der Waals surface area contributed by atoms with E-state index in [1.54, 1.807) is 0 Å². The molecule has 1 aliphatic rings. The standard InChI is InChI=1S/C34H50N2O2.2C2H4O2.Co/c1-21(2)29-17-25(33(5,6)7)15-23(31(29)37)19-35-27-11-13-28(14-12-27)36-20-24-16-26(34(8,9)10)18-30(22(3)4)32(24)38;2*1-2(3)4;/h15-22,27-28,37-38H,11-14H2,1-10H3;2*1H3,(H,3,4);/q;;;+2/p-2. The number of aliphatic imine (C=N–C) groups is 2. The smallest absolute Gasteiger partial charge is 0.550 e. The Bertz CT molecular complexity index is 1260. The summed E-state index contributed by atoms with van der Waals surface area (Å²) in [7, 11) is 0. The zero-order valence-electron chi connectivity index (χ0n) is 30.4. The molecule has 2 aromatic carbocycles. The quantitative estimate of drug-likeness (QED) is 0.340. The van der Waals surface area contributed by atoms with Crippen LogP contribution in [-0.2, 0) is 37.2 Å². The zero-order chi connectivity index (χ0) is 35.6. The maximum atomic E-state index is 10.9. The summed E-state index contributed by atoms with van der Waals surface area (Å²) in [5.41, 5.74) is 6.05. The van der Waals surface area contributed by atoms with E-state index in [4.69, 9.17) is 29.8 Å². The molecular formula is C38H56CoN2O6. The Kier molecular flexibility index (Phi) is 17.7. The second-order valence-corrected chi connectivity index (χ2v) is 14.8. The van der Waals surface area contributed by atoms with E-state index >= 15 is 0 Å². The number of rotatable bonds is 6. The van der Waals surface area contributed by atoms with Crippen molar-refractivity contribution in [3.05, 3.63) is 57.6 Å². The van der Waals surface area contributed by atoms with Gasteiger partial charge in [-0.05, 0) is 96.6 Å². The van der Waals surface area contributed by atoms with Crippen LogP contribution in [0.15, 0.2) is 34.3 Å². The van der Waals surface area contributed by atoms with Crippen molar-refractivity contribution in [2.24, 2.45) is 9.98 Å². The Hall–Kier alpha value is -3.17. The van der Waals surface area contributed by atoms with Gasteiger partial charge < -0.3 is 30.0 Å². The van der Waals surface area contributed by atoms with Crippen LogP contribution in [0.5, 0.6) is 11.5 Å². The first kappa shape index (κ1) is 43.8. The molecule has 0 atom stereocenters. The molecule has 0 bridgehead atoms. The molecule has 0 aliphatic heterocycles. The molecule has 0 saturated heterocycles. The molecule has 263 valence electrons. The number of phenols is 2. The van der Waals surface area contributed by atoms with Gasteiger partial charge >= 0.3 is 16.8 Å². The van der Waals surface area contributed by atoms with Gasteiger partial charge in [0.25, 0.3) is 0 Å². The molecule has 1 saturated carbocycles. The van der Waals surface area contributed by atoms with Crippen LogP contribution in [0.1, 0.15) is 154 Å². The fraction of sp³-hybridized carbons (Fsp3) is 0.579. The average Bonchev–Trinajstić information content (AvgIpc) is 2.90. The number of aliphatic carboxylic acids is 2. The molecule has 0 heterocycles. The van der Waals surface area contributed by atoms with Crippen LogP contribution in [0.4, 0.5) is 0 Å². The van der Waals surface area contributed by atoms with Crippen molar-refractivity contribution in [1.29, 1.82) is 0 Å². The van der Waals surface area contributed by atoms with Crippen LogP contribution < -0.4 is 10.2 Å². The van der Waals surface area contributed by atoms with E-state index in [1.165, 1.54) is 11.1 Å². The number of hydrogen-bond donors (Lipinski definition) is 2. The molecule has 8 nitrogen and oxygen atoms in total. The van der Waals surface area contributed by atoms with Crippen LogP contribution in [0.2, 0.25) is 0 Å². The van der Waals surface area contributed by atoms with Crippen LogP contribution in [0.25, 0.3) is 0 Å². The minimum Gasteiger partial charge on any atom is -0.550 e. The molecule has 0 spiro atoms. The van der Waals surface area contributed by atoms with Gasteiger partial charge in [0.2, 0.25) is 0 Å². The van der Waals surface area contributed by atoms with E-state index in [0.29, 0.717) is 11.5 Å². The molecule has 0 unspecified atom stereocenters. The number of aromatic hydroxyl groups is 2. The number of carbonyl (C=O) groups excluding carboxylic acids is 2. The number of carbonyl (C=O) groups is 2. The van der Waals surface area contributed by atoms with Crippen molar-refractivity contribution in [3.63, 3.8) is 0 Å². The third kappa shape index (κ3) is 15.1. The summed E-state index contributed by atoms with van der Waals surface area (Å²) >= 11 is 0. The summed E-state index contributed by atoms with van der Waals surface area (Å²) in [5.74, 6) is -0.961. The van der Waals surface area contributed by atoms with Gasteiger partial charge in [-0.15, -0.1) is 0 Å². The molecule has 0 aromatic heterocycles. The van der Waals surface area contributed by atoms with Gasteiger partial charge in [-0.25, -0.2) is 0 Å². The minimum absolute atomic E-state index is 0. The second-order valence-electron chi connectivity index (χ2n) is 14.8. The molecule has 2 N–H and O–H groups in total. The van der Waals surface area contributed by atoms with Crippen LogP contribution in [0, 0.1) is 0 Å². The summed E-state index contributed by atoms with van der Waals surface area (Å²) in [4.78, 5) is 27.6. The maximum Gasteiger partial charge on any atom is 2.00 e. The summed E-state index contributed by atoms with van der Waals surface area (Å²) in [6, 6.07) is 8.94. The van der Waals surface area contributed by atoms with Crippen molar-refractivity contribution < 1.29 is 46.8 Å². The van der Waals surface area contributed by atoms with Gasteiger partial charge in [0, 0.05) is 35.5 Å². The van der Waals surface area contributed by atoms with Gasteiger partial charge in [-0.1, -0.05) is 81.4 Å². The number of nitrogens with zero attached hydrogens (tertiary/aromatic N) is 2. The first-order chi connectivity index (χ1) is 21.0. The van der Waals surface area contributed by atoms with Crippen molar-refractivity contribution in [1.82, 2.24) is 0 Å². The van der Waals surface area contributed by atoms with Crippen molar-refractivity contribution in [2.45, 2.75) is 144 Å². The first-order valence-corrected chi connectivity index (χ1v) is 16.2. The van der Waals surface area contributed by atoms with Gasteiger partial charge in [0.1, 0.15) is 11.5 Å². The predicted molar refractivity (Wildman–Crippen MR) is 184 cm³/mol. The van der Waals surface area contributed by atoms with E-state index < -0.39 is 11.9 Å². The monoisotopic (exact) mass is 695 g/mol. The van der Waals surface area contributed by atoms with Crippen molar-refractivity contribution in [2.75, 3.05) is 0 Å². The number of carboxylic acid groups (broad SMARTS) is 2. The Labute approximate surface area is 293 Å². The third-order valence-corrected chi connectivity index (χ3v) is 7.83. The average molecular weight is 696 g/mol. The van der Waals surface area contributed by atoms with Gasteiger partial charge in [0.05, 0.1) is 12.1 Å². The van der Waals surface area contributed by atoms with Crippen LogP contribution in [0.3, 0.4) is 0 Å². The van der Waals surface area contributed by atoms with E-state index in [1.807, 2.05) is 12.4 Å². The summed E-state index contributed by atoms with van der Waals surface area (Å²) < 4.78 is 0. The van der Waals surface area contributed by atoms with E-state index in [9.17, 15) is 10.2 Å². The molecule has 1 fully saturated rings. The molecule has 47 heavy (non-hydrogen) atoms. The van der Waals surface area contributed by atoms with Gasteiger partial charge in [0.15, 0.2) is 0 Å². The van der Waals surface area contributed by atoms with E-state index in [-0.39, 0.29) is 51.5 Å². The molecule has 0 amide bonds. The molecule has 1 aliphatic carbocycles. The van der Waals surface area contributed by atoms with E-state index in [0.717, 1.165) is 61.8 Å². The molecule has 9 heteroatoms. The number of benzene rings is 2. The molecule has 1 radical (unpaired) electrons. The Morgan fingerprint density at radius 3 is 1.15 bits per heavy atom. The molecular weight excluding hydrogens is 639 g/mol. The summed E-state index contributed by atoms with van der Waals surface area (Å²) in [6.45, 7) is 23.6.